The molecule has 92 valence electrons. The number of ketones is 1. The first-order valence-electron chi connectivity index (χ1n) is 5.04. The van der Waals surface area contributed by atoms with Crippen LogP contribution in [0, 0.1) is 5.82 Å². The van der Waals surface area contributed by atoms with Crippen LogP contribution >= 0.6 is 27.5 Å². The van der Waals surface area contributed by atoms with Gasteiger partial charge < -0.3 is 5.73 Å². The lowest BCUT2D eigenvalue weighted by molar-refractivity contribution is 0.103. The molecular weight excluding hydrogens is 321 g/mol. The maximum Gasteiger partial charge on any atom is 0.196 e. The Morgan fingerprint density at radius 1 is 1.17 bits per heavy atom. The molecule has 0 aliphatic rings. The van der Waals surface area contributed by atoms with Crippen molar-refractivity contribution in [1.29, 1.82) is 0 Å². The molecule has 0 aliphatic heterocycles. The standard InChI is InChI=1S/C13H8BrClFNO/c14-10-6-5-9(12(16)11(10)15)13(18)7-1-3-8(17)4-2-7/h1-6H,17H2. The van der Waals surface area contributed by atoms with Crippen molar-refractivity contribution in [2.24, 2.45) is 0 Å². The Morgan fingerprint density at radius 3 is 2.39 bits per heavy atom. The molecule has 0 spiro atoms. The minimum Gasteiger partial charge on any atom is -0.399 e. The third kappa shape index (κ3) is 2.40. The molecule has 0 heterocycles. The third-order valence-electron chi connectivity index (χ3n) is 2.45. The third-order valence-corrected chi connectivity index (χ3v) is 3.71. The predicted molar refractivity (Wildman–Crippen MR) is 73.4 cm³/mol. The molecule has 2 aromatic carbocycles. The van der Waals surface area contributed by atoms with Crippen LogP contribution in [0.25, 0.3) is 0 Å². The molecule has 2 N–H and O–H groups in total. The van der Waals surface area contributed by atoms with Crippen molar-refractivity contribution in [3.05, 3.63) is 62.8 Å². The molecule has 0 radical (unpaired) electrons. The van der Waals surface area contributed by atoms with Crippen LogP contribution in [-0.4, -0.2) is 5.78 Å². The molecule has 0 atom stereocenters. The van der Waals surface area contributed by atoms with Gasteiger partial charge in [-0.15, -0.1) is 0 Å². The summed E-state index contributed by atoms with van der Waals surface area (Å²) in [5.41, 5.74) is 6.37. The first-order valence-corrected chi connectivity index (χ1v) is 6.21. The molecule has 2 aromatic rings. The van der Waals surface area contributed by atoms with Crippen molar-refractivity contribution < 1.29 is 9.18 Å². The van der Waals surface area contributed by atoms with Crippen LogP contribution in [0.3, 0.4) is 0 Å². The van der Waals surface area contributed by atoms with Crippen molar-refractivity contribution in [2.75, 3.05) is 5.73 Å². The van der Waals surface area contributed by atoms with Gasteiger partial charge in [-0.1, -0.05) is 11.6 Å². The summed E-state index contributed by atoms with van der Waals surface area (Å²) in [5.74, 6) is -1.16. The van der Waals surface area contributed by atoms with Crippen molar-refractivity contribution in [1.82, 2.24) is 0 Å². The number of nitrogen functional groups attached to an aromatic ring is 1. The van der Waals surface area contributed by atoms with Gasteiger partial charge in [0, 0.05) is 15.7 Å². The van der Waals surface area contributed by atoms with Crippen LogP contribution in [0.5, 0.6) is 0 Å². The summed E-state index contributed by atoms with van der Waals surface area (Å²) in [6.07, 6.45) is 0. The van der Waals surface area contributed by atoms with E-state index in [4.69, 9.17) is 17.3 Å². The number of anilines is 1. The number of nitrogens with two attached hydrogens (primary N) is 1. The van der Waals surface area contributed by atoms with Crippen LogP contribution in [0.4, 0.5) is 10.1 Å². The SMILES string of the molecule is Nc1ccc(C(=O)c2ccc(Br)c(Cl)c2F)cc1. The Labute approximate surface area is 117 Å². The average molecular weight is 329 g/mol. The van der Waals surface area contributed by atoms with Crippen LogP contribution in [0.15, 0.2) is 40.9 Å². The quantitative estimate of drug-likeness (QED) is 0.513. The largest absolute Gasteiger partial charge is 0.399 e. The Kier molecular flexibility index (Phi) is 3.68. The number of carbonyl (C=O) groups is 1. The van der Waals surface area contributed by atoms with Gasteiger partial charge in [-0.3, -0.25) is 4.79 Å². The van der Waals surface area contributed by atoms with Crippen LogP contribution in [0.2, 0.25) is 5.02 Å². The highest BCUT2D eigenvalue weighted by Gasteiger charge is 2.17. The minimum atomic E-state index is -0.729. The van der Waals surface area contributed by atoms with E-state index < -0.39 is 11.6 Å². The van der Waals surface area contributed by atoms with Gasteiger partial charge in [-0.2, -0.15) is 0 Å². The highest BCUT2D eigenvalue weighted by atomic mass is 79.9. The highest BCUT2D eigenvalue weighted by molar-refractivity contribution is 9.10. The molecule has 0 bridgehead atoms. The predicted octanol–water partition coefficient (Wildman–Crippen LogP) is 4.05. The van der Waals surface area contributed by atoms with Crippen molar-refractivity contribution in [2.45, 2.75) is 0 Å². The number of carbonyl (C=O) groups excluding carboxylic acids is 1. The summed E-state index contributed by atoms with van der Waals surface area (Å²) in [6, 6.07) is 9.21. The lowest BCUT2D eigenvalue weighted by atomic mass is 10.0. The van der Waals surface area contributed by atoms with Crippen molar-refractivity contribution in [3.63, 3.8) is 0 Å². The molecule has 0 aliphatic carbocycles. The molecule has 0 amide bonds. The summed E-state index contributed by atoms with van der Waals surface area (Å²) in [6.45, 7) is 0. The van der Waals surface area contributed by atoms with Crippen molar-refractivity contribution >= 4 is 39.0 Å². The smallest absolute Gasteiger partial charge is 0.196 e. The van der Waals surface area contributed by atoms with Gasteiger partial charge in [0.1, 0.15) is 0 Å². The maximum absolute atomic E-state index is 13.9. The molecule has 0 unspecified atom stereocenters. The number of benzene rings is 2. The maximum atomic E-state index is 13.9. The van der Waals surface area contributed by atoms with Crippen LogP contribution < -0.4 is 5.73 Å². The zero-order valence-electron chi connectivity index (χ0n) is 9.08. The summed E-state index contributed by atoms with van der Waals surface area (Å²) >= 11 is 8.84. The van der Waals surface area contributed by atoms with E-state index in [0.717, 1.165) is 0 Å². The average Bonchev–Trinajstić information content (AvgIpc) is 2.36. The second-order valence-corrected chi connectivity index (χ2v) is 4.91. The van der Waals surface area contributed by atoms with Gasteiger partial charge in [-0.05, 0) is 52.3 Å². The zero-order chi connectivity index (χ0) is 13.3. The summed E-state index contributed by atoms with van der Waals surface area (Å²) in [7, 11) is 0. The normalized spacial score (nSPS) is 10.4. The molecule has 2 nitrogen and oxygen atoms in total. The second-order valence-electron chi connectivity index (χ2n) is 3.67. The van der Waals surface area contributed by atoms with Gasteiger partial charge in [-0.25, -0.2) is 4.39 Å². The van der Waals surface area contributed by atoms with Gasteiger partial charge in [0.05, 0.1) is 10.6 Å². The van der Waals surface area contributed by atoms with Gasteiger partial charge >= 0.3 is 0 Å². The highest BCUT2D eigenvalue weighted by Crippen LogP contribution is 2.28. The molecule has 18 heavy (non-hydrogen) atoms. The van der Waals surface area contributed by atoms with E-state index in [0.29, 0.717) is 15.7 Å². The van der Waals surface area contributed by atoms with Gasteiger partial charge in [0.2, 0.25) is 0 Å². The molecule has 0 saturated carbocycles. The van der Waals surface area contributed by atoms with E-state index in [2.05, 4.69) is 15.9 Å². The molecule has 0 saturated heterocycles. The lowest BCUT2D eigenvalue weighted by Gasteiger charge is -2.05. The fourth-order valence-electron chi connectivity index (χ4n) is 1.49. The van der Waals surface area contributed by atoms with Crippen LogP contribution in [0.1, 0.15) is 15.9 Å². The van der Waals surface area contributed by atoms with E-state index in [9.17, 15) is 9.18 Å². The van der Waals surface area contributed by atoms with Crippen molar-refractivity contribution in [3.8, 4) is 0 Å². The minimum absolute atomic E-state index is 0.0621. The fourth-order valence-corrected chi connectivity index (χ4v) is 1.96. The summed E-state index contributed by atoms with van der Waals surface area (Å²) < 4.78 is 14.3. The topological polar surface area (TPSA) is 43.1 Å². The zero-order valence-corrected chi connectivity index (χ0v) is 11.4. The van der Waals surface area contributed by atoms with E-state index in [1.807, 2.05) is 0 Å². The fraction of sp³-hybridized carbons (Fsp3) is 0. The Bertz CT molecular complexity index is 613. The molecular formula is C13H8BrClFNO. The number of hydrogen-bond donors (Lipinski definition) is 1. The Balaban J connectivity index is 2.46. The second kappa shape index (κ2) is 5.08. The molecule has 0 aromatic heterocycles. The van der Waals surface area contributed by atoms with E-state index >= 15 is 0 Å². The van der Waals surface area contributed by atoms with Gasteiger partial charge in [0.15, 0.2) is 11.6 Å². The Hall–Kier alpha value is -1.39. The van der Waals surface area contributed by atoms with Crippen LogP contribution in [-0.2, 0) is 0 Å². The van der Waals surface area contributed by atoms with Gasteiger partial charge in [0.25, 0.3) is 0 Å². The van der Waals surface area contributed by atoms with E-state index in [1.54, 1.807) is 24.3 Å². The monoisotopic (exact) mass is 327 g/mol. The summed E-state index contributed by atoms with van der Waals surface area (Å²) in [4.78, 5) is 12.1. The Morgan fingerprint density at radius 2 is 1.78 bits per heavy atom. The number of hydrogen-bond acceptors (Lipinski definition) is 2. The van der Waals surface area contributed by atoms with E-state index in [1.165, 1.54) is 12.1 Å². The molecule has 0 fully saturated rings. The first kappa shape index (κ1) is 13.1. The van der Waals surface area contributed by atoms with E-state index in [-0.39, 0.29) is 10.6 Å². The number of rotatable bonds is 2. The molecule has 5 heteroatoms. The summed E-state index contributed by atoms with van der Waals surface area (Å²) in [5, 5.41) is -0.101. The first-order chi connectivity index (χ1) is 8.50. The molecule has 2 rings (SSSR count). The lowest BCUT2D eigenvalue weighted by Crippen LogP contribution is -2.05. The number of halogens is 3.